The molecule has 74 valence electrons. The van der Waals surface area contributed by atoms with Crippen molar-refractivity contribution in [3.05, 3.63) is 28.1 Å². The van der Waals surface area contributed by atoms with Crippen molar-refractivity contribution in [3.63, 3.8) is 0 Å². The van der Waals surface area contributed by atoms with Crippen LogP contribution < -0.4 is 4.74 Å². The van der Waals surface area contributed by atoms with Crippen LogP contribution in [0, 0.1) is 0 Å². The molecule has 1 nitrogen and oxygen atoms in total. The fourth-order valence-corrected chi connectivity index (χ4v) is 2.75. The lowest BCUT2D eigenvalue weighted by atomic mass is 10.1. The van der Waals surface area contributed by atoms with Crippen molar-refractivity contribution in [1.29, 1.82) is 0 Å². The summed E-state index contributed by atoms with van der Waals surface area (Å²) >= 11 is 7.83. The van der Waals surface area contributed by atoms with E-state index in [0.29, 0.717) is 0 Å². The van der Waals surface area contributed by atoms with E-state index in [0.717, 1.165) is 22.6 Å². The predicted molar refractivity (Wildman–Crippen MR) is 62.8 cm³/mol. The minimum atomic E-state index is 0.830. The highest BCUT2D eigenvalue weighted by molar-refractivity contribution is 7.17. The zero-order chi connectivity index (χ0) is 10.1. The Hall–Kier alpha value is -0.730. The van der Waals surface area contributed by atoms with Crippen molar-refractivity contribution in [3.8, 4) is 5.75 Å². The summed E-state index contributed by atoms with van der Waals surface area (Å²) in [5, 5.41) is 3.96. The number of benzene rings is 1. The fourth-order valence-electron chi connectivity index (χ4n) is 1.50. The van der Waals surface area contributed by atoms with E-state index in [-0.39, 0.29) is 0 Å². The number of halogens is 1. The molecule has 0 fully saturated rings. The lowest BCUT2D eigenvalue weighted by Crippen LogP contribution is -1.83. The quantitative estimate of drug-likeness (QED) is 0.749. The van der Waals surface area contributed by atoms with Crippen LogP contribution in [0.25, 0.3) is 10.1 Å². The highest BCUT2D eigenvalue weighted by Crippen LogP contribution is 2.35. The molecule has 0 aliphatic carbocycles. The van der Waals surface area contributed by atoms with Crippen molar-refractivity contribution < 1.29 is 4.74 Å². The molecule has 2 aromatic rings. The van der Waals surface area contributed by atoms with Gasteiger partial charge in [0.15, 0.2) is 0 Å². The highest BCUT2D eigenvalue weighted by atomic mass is 35.5. The monoisotopic (exact) mass is 226 g/mol. The van der Waals surface area contributed by atoms with Gasteiger partial charge in [-0.1, -0.05) is 18.5 Å². The van der Waals surface area contributed by atoms with E-state index in [2.05, 4.69) is 13.0 Å². The zero-order valence-corrected chi connectivity index (χ0v) is 9.71. The summed E-state index contributed by atoms with van der Waals surface area (Å²) in [4.78, 5) is 0. The molecular formula is C11H11ClOS. The second-order valence-corrected chi connectivity index (χ2v) is 4.42. The van der Waals surface area contributed by atoms with Gasteiger partial charge in [0.05, 0.1) is 7.11 Å². The summed E-state index contributed by atoms with van der Waals surface area (Å²) in [6.07, 6.45) is 0.967. The summed E-state index contributed by atoms with van der Waals surface area (Å²) in [6.45, 7) is 2.11. The smallest absolute Gasteiger partial charge is 0.137 e. The maximum absolute atomic E-state index is 6.14. The maximum atomic E-state index is 6.14. The largest absolute Gasteiger partial charge is 0.495 e. The summed E-state index contributed by atoms with van der Waals surface area (Å²) in [7, 11) is 1.68. The summed E-state index contributed by atoms with van der Waals surface area (Å²) in [5.41, 5.74) is 1.20. The molecule has 0 amide bonds. The Labute approximate surface area is 92.3 Å². The van der Waals surface area contributed by atoms with E-state index >= 15 is 0 Å². The first-order chi connectivity index (χ1) is 6.76. The van der Waals surface area contributed by atoms with Gasteiger partial charge in [0.25, 0.3) is 0 Å². The van der Waals surface area contributed by atoms with Crippen LogP contribution >= 0.6 is 22.9 Å². The number of hydrogen-bond donors (Lipinski definition) is 0. The molecule has 0 bridgehead atoms. The molecule has 0 aliphatic rings. The SMILES string of the molecule is CCc1cc2scc(OC)c2cc1Cl. The summed E-state index contributed by atoms with van der Waals surface area (Å²) in [5.74, 6) is 0.912. The lowest BCUT2D eigenvalue weighted by molar-refractivity contribution is 0.421. The van der Waals surface area contributed by atoms with Gasteiger partial charge in [-0.15, -0.1) is 11.3 Å². The molecule has 0 atom stereocenters. The molecule has 0 radical (unpaired) electrons. The van der Waals surface area contributed by atoms with Gasteiger partial charge >= 0.3 is 0 Å². The molecule has 0 unspecified atom stereocenters. The lowest BCUT2D eigenvalue weighted by Gasteiger charge is -2.02. The molecule has 0 saturated carbocycles. The Balaban J connectivity index is 2.69. The number of rotatable bonds is 2. The average molecular weight is 227 g/mol. The maximum Gasteiger partial charge on any atom is 0.137 e. The third-order valence-electron chi connectivity index (χ3n) is 2.31. The summed E-state index contributed by atoms with van der Waals surface area (Å²) in [6, 6.07) is 4.13. The van der Waals surface area contributed by atoms with Crippen molar-refractivity contribution in [2.75, 3.05) is 7.11 Å². The Kier molecular flexibility index (Phi) is 2.66. The van der Waals surface area contributed by atoms with Crippen molar-refractivity contribution in [1.82, 2.24) is 0 Å². The summed E-state index contributed by atoms with van der Waals surface area (Å²) < 4.78 is 6.49. The van der Waals surface area contributed by atoms with Gasteiger partial charge in [0.1, 0.15) is 5.75 Å². The normalized spacial score (nSPS) is 10.8. The number of fused-ring (bicyclic) bond motifs is 1. The minimum absolute atomic E-state index is 0.830. The Morgan fingerprint density at radius 3 is 2.86 bits per heavy atom. The van der Waals surface area contributed by atoms with Gasteiger partial charge in [-0.2, -0.15) is 0 Å². The first-order valence-electron chi connectivity index (χ1n) is 4.50. The fraction of sp³-hybridized carbons (Fsp3) is 0.273. The molecule has 3 heteroatoms. The number of ether oxygens (including phenoxy) is 1. The van der Waals surface area contributed by atoms with E-state index < -0.39 is 0 Å². The first kappa shape index (κ1) is 9.81. The van der Waals surface area contributed by atoms with Crippen LogP contribution in [-0.4, -0.2) is 7.11 Å². The zero-order valence-electron chi connectivity index (χ0n) is 8.13. The molecule has 2 rings (SSSR count). The second kappa shape index (κ2) is 3.79. The number of aryl methyl sites for hydroxylation is 1. The van der Waals surface area contributed by atoms with Crippen LogP contribution in [0.15, 0.2) is 17.5 Å². The van der Waals surface area contributed by atoms with Crippen LogP contribution in [0.2, 0.25) is 5.02 Å². The molecule has 0 aliphatic heterocycles. The number of hydrogen-bond acceptors (Lipinski definition) is 2. The topological polar surface area (TPSA) is 9.23 Å². The van der Waals surface area contributed by atoms with Crippen LogP contribution in [-0.2, 0) is 6.42 Å². The Morgan fingerprint density at radius 2 is 2.21 bits per heavy atom. The van der Waals surface area contributed by atoms with Gasteiger partial charge in [-0.3, -0.25) is 0 Å². The predicted octanol–water partition coefficient (Wildman–Crippen LogP) is 4.13. The number of methoxy groups -OCH3 is 1. The van der Waals surface area contributed by atoms with E-state index in [9.17, 15) is 0 Å². The number of thiophene rings is 1. The molecule has 0 saturated heterocycles. The van der Waals surface area contributed by atoms with Gasteiger partial charge in [-0.05, 0) is 24.1 Å². The minimum Gasteiger partial charge on any atom is -0.495 e. The molecule has 0 spiro atoms. The second-order valence-electron chi connectivity index (χ2n) is 3.10. The Morgan fingerprint density at radius 1 is 1.43 bits per heavy atom. The van der Waals surface area contributed by atoms with E-state index in [1.54, 1.807) is 18.4 Å². The van der Waals surface area contributed by atoms with Crippen LogP contribution in [0.3, 0.4) is 0 Å². The van der Waals surface area contributed by atoms with Gasteiger partial charge < -0.3 is 4.74 Å². The molecule has 1 aromatic carbocycles. The van der Waals surface area contributed by atoms with Gasteiger partial charge in [0, 0.05) is 20.5 Å². The molecule has 1 aromatic heterocycles. The van der Waals surface area contributed by atoms with Crippen LogP contribution in [0.5, 0.6) is 5.75 Å². The average Bonchev–Trinajstić information content (AvgIpc) is 2.58. The van der Waals surface area contributed by atoms with Gasteiger partial charge in [-0.25, -0.2) is 0 Å². The van der Waals surface area contributed by atoms with E-state index in [4.69, 9.17) is 16.3 Å². The Bertz CT molecular complexity index is 462. The third kappa shape index (κ3) is 1.49. The van der Waals surface area contributed by atoms with Crippen molar-refractivity contribution in [2.45, 2.75) is 13.3 Å². The van der Waals surface area contributed by atoms with Crippen molar-refractivity contribution >= 4 is 33.0 Å². The molecular weight excluding hydrogens is 216 g/mol. The first-order valence-corrected chi connectivity index (χ1v) is 5.75. The van der Waals surface area contributed by atoms with E-state index in [1.165, 1.54) is 10.3 Å². The molecule has 14 heavy (non-hydrogen) atoms. The standard InChI is InChI=1S/C11H11ClOS/c1-3-7-4-11-8(5-9(7)12)10(13-2)6-14-11/h4-6H,3H2,1-2H3. The highest BCUT2D eigenvalue weighted by Gasteiger charge is 2.07. The third-order valence-corrected chi connectivity index (χ3v) is 3.58. The molecule has 0 N–H and O–H groups in total. The van der Waals surface area contributed by atoms with E-state index in [1.807, 2.05) is 11.4 Å². The molecule has 1 heterocycles. The van der Waals surface area contributed by atoms with Gasteiger partial charge in [0.2, 0.25) is 0 Å². The van der Waals surface area contributed by atoms with Crippen LogP contribution in [0.4, 0.5) is 0 Å². The van der Waals surface area contributed by atoms with Crippen molar-refractivity contribution in [2.24, 2.45) is 0 Å². The van der Waals surface area contributed by atoms with Crippen LogP contribution in [0.1, 0.15) is 12.5 Å².